The van der Waals surface area contributed by atoms with Crippen molar-refractivity contribution in [1.29, 1.82) is 0 Å². The molecule has 0 aromatic heterocycles. The highest BCUT2D eigenvalue weighted by atomic mass is 31.3. The Morgan fingerprint density at radius 3 is 1.67 bits per heavy atom. The number of hydrogen-bond acceptors (Lipinski definition) is 6. The molecule has 0 heterocycles. The minimum atomic E-state index is -3.49. The van der Waals surface area contributed by atoms with Crippen LogP contribution in [0.2, 0.25) is 0 Å². The van der Waals surface area contributed by atoms with Gasteiger partial charge >= 0.3 is 16.4 Å². The Kier molecular flexibility index (Phi) is 6.23. The molecule has 0 amide bonds. The summed E-state index contributed by atoms with van der Waals surface area (Å²) >= 11 is 0. The van der Waals surface area contributed by atoms with Gasteiger partial charge in [0.05, 0.1) is 0 Å². The standard InChI is InChI=1S/C4H12O6P2/c1-6-11(7-2)10-12(5,8-3)9-4/h1-4H3. The molecule has 0 aromatic carbocycles. The van der Waals surface area contributed by atoms with Crippen molar-refractivity contribution in [1.82, 2.24) is 0 Å². The van der Waals surface area contributed by atoms with Crippen LogP contribution in [0.15, 0.2) is 0 Å². The van der Waals surface area contributed by atoms with E-state index in [1.54, 1.807) is 0 Å². The fourth-order valence-electron chi connectivity index (χ4n) is 0.364. The summed E-state index contributed by atoms with van der Waals surface area (Å²) in [5, 5.41) is 0. The third-order valence-electron chi connectivity index (χ3n) is 0.912. The molecule has 0 fully saturated rings. The van der Waals surface area contributed by atoms with E-state index in [9.17, 15) is 4.57 Å². The monoisotopic (exact) mass is 218 g/mol. The van der Waals surface area contributed by atoms with E-state index in [1.807, 2.05) is 0 Å². The highest BCUT2D eigenvalue weighted by Gasteiger charge is 2.29. The molecule has 0 N–H and O–H groups in total. The summed E-state index contributed by atoms with van der Waals surface area (Å²) in [5.74, 6) is 0. The minimum absolute atomic E-state index is 1.21. The maximum absolute atomic E-state index is 11.3. The Bertz CT molecular complexity index is 150. The fourth-order valence-corrected chi connectivity index (χ4v) is 2.38. The maximum atomic E-state index is 11.3. The molecule has 0 aliphatic carbocycles. The van der Waals surface area contributed by atoms with Crippen molar-refractivity contribution in [3.8, 4) is 0 Å². The predicted octanol–water partition coefficient (Wildman–Crippen LogP) is 1.92. The molecule has 0 unspecified atom stereocenters. The summed E-state index contributed by atoms with van der Waals surface area (Å²) in [5.41, 5.74) is 0. The van der Waals surface area contributed by atoms with Gasteiger partial charge in [0.2, 0.25) is 0 Å². The Labute approximate surface area is 72.7 Å². The Morgan fingerprint density at radius 2 is 1.42 bits per heavy atom. The fraction of sp³-hybridized carbons (Fsp3) is 1.00. The molecular weight excluding hydrogens is 206 g/mol. The van der Waals surface area contributed by atoms with Crippen LogP contribution in [-0.4, -0.2) is 28.4 Å². The van der Waals surface area contributed by atoms with Crippen LogP contribution in [0.3, 0.4) is 0 Å². The summed E-state index contributed by atoms with van der Waals surface area (Å²) < 4.78 is 34.4. The lowest BCUT2D eigenvalue weighted by Crippen LogP contribution is -1.93. The van der Waals surface area contributed by atoms with E-state index in [0.29, 0.717) is 0 Å². The second kappa shape index (κ2) is 6.00. The molecule has 0 saturated carbocycles. The van der Waals surface area contributed by atoms with E-state index in [-0.39, 0.29) is 0 Å². The molecule has 74 valence electrons. The van der Waals surface area contributed by atoms with Crippen molar-refractivity contribution in [3.63, 3.8) is 0 Å². The highest BCUT2D eigenvalue weighted by molar-refractivity contribution is 7.59. The lowest BCUT2D eigenvalue weighted by atomic mass is 11.8. The Morgan fingerprint density at radius 1 is 1.00 bits per heavy atom. The Hall–Kier alpha value is 0.460. The van der Waals surface area contributed by atoms with Gasteiger partial charge in [-0.2, -0.15) is 0 Å². The summed E-state index contributed by atoms with van der Waals surface area (Å²) in [4.78, 5) is 0. The van der Waals surface area contributed by atoms with Gasteiger partial charge in [0.25, 0.3) is 0 Å². The first-order valence-corrected chi connectivity index (χ1v) is 5.47. The quantitative estimate of drug-likeness (QED) is 0.634. The first kappa shape index (κ1) is 12.5. The van der Waals surface area contributed by atoms with Crippen molar-refractivity contribution in [3.05, 3.63) is 0 Å². The van der Waals surface area contributed by atoms with E-state index < -0.39 is 16.4 Å². The molecule has 0 atom stereocenters. The van der Waals surface area contributed by atoms with Crippen LogP contribution in [0, 0.1) is 0 Å². The van der Waals surface area contributed by atoms with E-state index >= 15 is 0 Å². The van der Waals surface area contributed by atoms with E-state index in [0.717, 1.165) is 0 Å². The second-order valence-electron chi connectivity index (χ2n) is 1.48. The zero-order valence-corrected chi connectivity index (χ0v) is 9.13. The van der Waals surface area contributed by atoms with Crippen LogP contribution < -0.4 is 0 Å². The normalized spacial score (nSPS) is 12.4. The van der Waals surface area contributed by atoms with Gasteiger partial charge in [-0.15, -0.1) is 0 Å². The number of phosphoric ester groups is 1. The van der Waals surface area contributed by atoms with Gasteiger partial charge in [-0.3, -0.25) is 9.05 Å². The maximum Gasteiger partial charge on any atom is 0.481 e. The van der Waals surface area contributed by atoms with Crippen molar-refractivity contribution < 1.29 is 27.0 Å². The van der Waals surface area contributed by atoms with Crippen LogP contribution >= 0.6 is 16.4 Å². The lowest BCUT2D eigenvalue weighted by molar-refractivity contribution is 0.186. The first-order chi connectivity index (χ1) is 5.61. The average Bonchev–Trinajstić information content (AvgIpc) is 2.14. The topological polar surface area (TPSA) is 63.2 Å². The Balaban J connectivity index is 4.09. The summed E-state index contributed by atoms with van der Waals surface area (Å²) in [6, 6.07) is 0. The van der Waals surface area contributed by atoms with Gasteiger partial charge in [-0.05, 0) is 0 Å². The van der Waals surface area contributed by atoms with Gasteiger partial charge < -0.3 is 9.05 Å². The smallest absolute Gasteiger partial charge is 0.315 e. The van der Waals surface area contributed by atoms with Crippen LogP contribution in [0.5, 0.6) is 0 Å². The number of rotatable bonds is 6. The summed E-state index contributed by atoms with van der Waals surface area (Å²) in [6.45, 7) is 0. The molecule has 0 aromatic rings. The highest BCUT2D eigenvalue weighted by Crippen LogP contribution is 2.59. The van der Waals surface area contributed by atoms with E-state index in [4.69, 9.17) is 4.31 Å². The molecule has 12 heavy (non-hydrogen) atoms. The molecule has 0 radical (unpaired) electrons. The number of phosphoric acid groups is 1. The third-order valence-corrected chi connectivity index (χ3v) is 3.74. The molecule has 0 aliphatic heterocycles. The average molecular weight is 218 g/mol. The van der Waals surface area contributed by atoms with Crippen LogP contribution in [-0.2, 0) is 27.0 Å². The molecule has 0 aliphatic rings. The van der Waals surface area contributed by atoms with Crippen LogP contribution in [0.4, 0.5) is 0 Å². The van der Waals surface area contributed by atoms with E-state index in [2.05, 4.69) is 18.1 Å². The van der Waals surface area contributed by atoms with Gasteiger partial charge in [-0.1, -0.05) is 0 Å². The van der Waals surface area contributed by atoms with Gasteiger partial charge in [0.15, 0.2) is 0 Å². The zero-order chi connectivity index (χ0) is 9.61. The van der Waals surface area contributed by atoms with Crippen molar-refractivity contribution in [2.45, 2.75) is 0 Å². The first-order valence-electron chi connectivity index (χ1n) is 2.91. The molecule has 0 bridgehead atoms. The van der Waals surface area contributed by atoms with Crippen LogP contribution in [0.25, 0.3) is 0 Å². The predicted molar refractivity (Wildman–Crippen MR) is 43.6 cm³/mol. The largest absolute Gasteiger partial charge is 0.481 e. The SMILES string of the molecule is COP(OC)OP(=O)(OC)OC. The molecule has 0 rings (SSSR count). The third kappa shape index (κ3) is 3.92. The molecule has 0 spiro atoms. The molecule has 6 nitrogen and oxygen atoms in total. The molecule has 0 saturated heterocycles. The van der Waals surface area contributed by atoms with Crippen molar-refractivity contribution in [2.75, 3.05) is 28.4 Å². The second-order valence-corrected chi connectivity index (χ2v) is 4.94. The zero-order valence-electron chi connectivity index (χ0n) is 7.34. The van der Waals surface area contributed by atoms with Crippen LogP contribution in [0.1, 0.15) is 0 Å². The molecular formula is C4H12O6P2. The van der Waals surface area contributed by atoms with Crippen molar-refractivity contribution >= 4 is 16.4 Å². The number of hydrogen-bond donors (Lipinski definition) is 0. The van der Waals surface area contributed by atoms with Crippen molar-refractivity contribution in [2.24, 2.45) is 0 Å². The minimum Gasteiger partial charge on any atom is -0.315 e. The summed E-state index contributed by atoms with van der Waals surface area (Å²) in [7, 11) is -0.00579. The van der Waals surface area contributed by atoms with Gasteiger partial charge in [-0.25, -0.2) is 8.88 Å². The lowest BCUT2D eigenvalue weighted by Gasteiger charge is -2.16. The van der Waals surface area contributed by atoms with Gasteiger partial charge in [0, 0.05) is 28.4 Å². The van der Waals surface area contributed by atoms with E-state index in [1.165, 1.54) is 28.4 Å². The van der Waals surface area contributed by atoms with Gasteiger partial charge in [0.1, 0.15) is 0 Å². The summed E-state index contributed by atoms with van der Waals surface area (Å²) in [6.07, 6.45) is 0. The molecule has 8 heteroatoms.